The first-order valence-electron chi connectivity index (χ1n) is 10.2. The molecule has 3 aromatic rings. The standard InChI is InChI=1S/C24H17Cl6N3O2/c1-10-6-12(31)2-5-18(10)33-22(34)14-9-13(3-4-15(14)25)32-23(35)20-19(24(20,29)30)11-7-16(26)21(28)17(27)8-11/h2-9,19-20H,31H2,1H3,(H,32,35)(H,33,34). The van der Waals surface area contributed by atoms with Gasteiger partial charge in [0.15, 0.2) is 0 Å². The van der Waals surface area contributed by atoms with Crippen LogP contribution in [-0.2, 0) is 4.79 Å². The van der Waals surface area contributed by atoms with E-state index >= 15 is 0 Å². The molecule has 4 rings (SSSR count). The van der Waals surface area contributed by atoms with Crippen molar-refractivity contribution in [1.29, 1.82) is 0 Å². The van der Waals surface area contributed by atoms with Crippen molar-refractivity contribution in [3.63, 3.8) is 0 Å². The number of nitrogen functional groups attached to an aromatic ring is 1. The molecule has 0 heterocycles. The monoisotopic (exact) mass is 589 g/mol. The molecule has 2 atom stereocenters. The van der Waals surface area contributed by atoms with Gasteiger partial charge in [-0.15, -0.1) is 23.2 Å². The van der Waals surface area contributed by atoms with Crippen LogP contribution in [-0.4, -0.2) is 16.1 Å². The molecule has 1 aliphatic carbocycles. The number of aryl methyl sites for hydroxylation is 1. The lowest BCUT2D eigenvalue weighted by molar-refractivity contribution is -0.117. The zero-order chi connectivity index (χ0) is 25.7. The summed E-state index contributed by atoms with van der Waals surface area (Å²) >= 11 is 37.4. The second-order valence-electron chi connectivity index (χ2n) is 8.14. The molecule has 182 valence electrons. The molecule has 1 fully saturated rings. The Bertz CT molecular complexity index is 1340. The second-order valence-corrected chi connectivity index (χ2v) is 11.2. The second kappa shape index (κ2) is 9.89. The third-order valence-electron chi connectivity index (χ3n) is 5.68. The molecule has 2 amide bonds. The van der Waals surface area contributed by atoms with Crippen LogP contribution in [0.2, 0.25) is 20.1 Å². The predicted molar refractivity (Wildman–Crippen MR) is 146 cm³/mol. The summed E-state index contributed by atoms with van der Waals surface area (Å²) in [5.74, 6) is -2.23. The Hall–Kier alpha value is -1.86. The molecule has 1 aliphatic rings. The van der Waals surface area contributed by atoms with E-state index in [2.05, 4.69) is 10.6 Å². The first-order valence-corrected chi connectivity index (χ1v) is 12.5. The number of benzene rings is 3. The summed E-state index contributed by atoms with van der Waals surface area (Å²) in [4.78, 5) is 25.9. The van der Waals surface area contributed by atoms with Gasteiger partial charge in [-0.3, -0.25) is 9.59 Å². The van der Waals surface area contributed by atoms with Crippen LogP contribution in [0.4, 0.5) is 17.1 Å². The molecule has 11 heteroatoms. The highest BCUT2D eigenvalue weighted by molar-refractivity contribution is 6.54. The highest BCUT2D eigenvalue weighted by atomic mass is 35.5. The normalized spacial score (nSPS) is 18.1. The SMILES string of the molecule is Cc1cc(N)ccc1NC(=O)c1cc(NC(=O)C2C(c3cc(Cl)c(Cl)c(Cl)c3)C2(Cl)Cl)ccc1Cl. The summed E-state index contributed by atoms with van der Waals surface area (Å²) in [6.45, 7) is 1.82. The van der Waals surface area contributed by atoms with Gasteiger partial charge in [0, 0.05) is 23.0 Å². The number of anilines is 3. The Labute approximate surface area is 231 Å². The minimum atomic E-state index is -1.37. The number of hydrogen-bond donors (Lipinski definition) is 3. The number of hydrogen-bond acceptors (Lipinski definition) is 3. The number of nitrogens with one attached hydrogen (secondary N) is 2. The van der Waals surface area contributed by atoms with Crippen LogP contribution < -0.4 is 16.4 Å². The average molecular weight is 592 g/mol. The Kier molecular flexibility index (Phi) is 7.41. The number of carbonyl (C=O) groups excluding carboxylic acids is 2. The Morgan fingerprint density at radius 3 is 2.17 bits per heavy atom. The van der Waals surface area contributed by atoms with Gasteiger partial charge in [0.05, 0.1) is 31.6 Å². The van der Waals surface area contributed by atoms with Crippen LogP contribution in [0.15, 0.2) is 48.5 Å². The molecule has 1 saturated carbocycles. The highest BCUT2D eigenvalue weighted by Crippen LogP contribution is 2.65. The van der Waals surface area contributed by atoms with E-state index < -0.39 is 28.0 Å². The predicted octanol–water partition coefficient (Wildman–Crippen LogP) is 7.97. The van der Waals surface area contributed by atoms with Gasteiger partial charge in [-0.25, -0.2) is 0 Å². The number of nitrogens with two attached hydrogens (primary N) is 1. The van der Waals surface area contributed by atoms with Crippen molar-refractivity contribution in [2.24, 2.45) is 5.92 Å². The lowest BCUT2D eigenvalue weighted by Crippen LogP contribution is -2.18. The summed E-state index contributed by atoms with van der Waals surface area (Å²) in [5.41, 5.74) is 8.84. The molecule has 0 bridgehead atoms. The summed E-state index contributed by atoms with van der Waals surface area (Å²) in [6, 6.07) is 12.8. The van der Waals surface area contributed by atoms with Gasteiger partial charge in [0.25, 0.3) is 5.91 Å². The highest BCUT2D eigenvalue weighted by Gasteiger charge is 2.67. The van der Waals surface area contributed by atoms with E-state index in [0.717, 1.165) is 5.56 Å². The largest absolute Gasteiger partial charge is 0.399 e. The quantitative estimate of drug-likeness (QED) is 0.160. The minimum Gasteiger partial charge on any atom is -0.399 e. The van der Waals surface area contributed by atoms with E-state index in [9.17, 15) is 9.59 Å². The third kappa shape index (κ3) is 5.31. The first kappa shape index (κ1) is 26.2. The lowest BCUT2D eigenvalue weighted by Gasteiger charge is -2.12. The first-order chi connectivity index (χ1) is 16.4. The Morgan fingerprint density at radius 2 is 1.54 bits per heavy atom. The fourth-order valence-electron chi connectivity index (χ4n) is 3.84. The molecule has 35 heavy (non-hydrogen) atoms. The van der Waals surface area contributed by atoms with Gasteiger partial charge >= 0.3 is 0 Å². The molecular formula is C24H17Cl6N3O2. The number of amides is 2. The Morgan fingerprint density at radius 1 is 0.886 bits per heavy atom. The fourth-order valence-corrected chi connectivity index (χ4v) is 5.48. The molecular weight excluding hydrogens is 575 g/mol. The zero-order valence-corrected chi connectivity index (χ0v) is 22.5. The zero-order valence-electron chi connectivity index (χ0n) is 17.9. The van der Waals surface area contributed by atoms with E-state index in [0.29, 0.717) is 22.6 Å². The molecule has 3 aromatic carbocycles. The maximum absolute atomic E-state index is 13.0. The fraction of sp³-hybridized carbons (Fsp3) is 0.167. The van der Waals surface area contributed by atoms with Crippen LogP contribution in [0.1, 0.15) is 27.4 Å². The van der Waals surface area contributed by atoms with Crippen molar-refractivity contribution in [2.45, 2.75) is 17.2 Å². The van der Waals surface area contributed by atoms with Crippen LogP contribution in [0.3, 0.4) is 0 Å². The van der Waals surface area contributed by atoms with Crippen molar-refractivity contribution >= 4 is 98.5 Å². The van der Waals surface area contributed by atoms with Gasteiger partial charge in [-0.1, -0.05) is 46.4 Å². The van der Waals surface area contributed by atoms with Gasteiger partial charge in [0.1, 0.15) is 4.33 Å². The molecule has 0 aliphatic heterocycles. The van der Waals surface area contributed by atoms with Crippen molar-refractivity contribution in [2.75, 3.05) is 16.4 Å². The maximum atomic E-state index is 13.0. The number of alkyl halides is 2. The number of rotatable bonds is 5. The number of halogens is 6. The van der Waals surface area contributed by atoms with E-state index in [1.807, 2.05) is 6.92 Å². The van der Waals surface area contributed by atoms with E-state index in [4.69, 9.17) is 75.3 Å². The summed E-state index contributed by atoms with van der Waals surface area (Å²) in [5, 5.41) is 6.43. The van der Waals surface area contributed by atoms with Crippen molar-refractivity contribution < 1.29 is 9.59 Å². The van der Waals surface area contributed by atoms with Crippen molar-refractivity contribution in [3.8, 4) is 0 Å². The molecule has 0 saturated heterocycles. The van der Waals surface area contributed by atoms with Crippen molar-refractivity contribution in [3.05, 3.63) is 85.3 Å². The number of carbonyl (C=O) groups is 2. The van der Waals surface area contributed by atoms with Gasteiger partial charge in [-0.2, -0.15) is 0 Å². The van der Waals surface area contributed by atoms with Gasteiger partial charge in [0.2, 0.25) is 5.91 Å². The molecule has 0 aromatic heterocycles. The summed E-state index contributed by atoms with van der Waals surface area (Å²) in [6.07, 6.45) is 0. The maximum Gasteiger partial charge on any atom is 0.257 e. The van der Waals surface area contributed by atoms with Crippen LogP contribution in [0, 0.1) is 12.8 Å². The molecule has 5 nitrogen and oxygen atoms in total. The molecule has 0 radical (unpaired) electrons. The van der Waals surface area contributed by atoms with Gasteiger partial charge in [-0.05, 0) is 66.6 Å². The summed E-state index contributed by atoms with van der Waals surface area (Å²) < 4.78 is -1.37. The van der Waals surface area contributed by atoms with E-state index in [1.165, 1.54) is 12.1 Å². The van der Waals surface area contributed by atoms with E-state index in [-0.39, 0.29) is 25.7 Å². The van der Waals surface area contributed by atoms with Crippen LogP contribution >= 0.6 is 69.6 Å². The lowest BCUT2D eigenvalue weighted by atomic mass is 10.1. The topological polar surface area (TPSA) is 84.2 Å². The van der Waals surface area contributed by atoms with Crippen LogP contribution in [0.5, 0.6) is 0 Å². The molecule has 2 unspecified atom stereocenters. The molecule has 0 spiro atoms. The van der Waals surface area contributed by atoms with Crippen molar-refractivity contribution in [1.82, 2.24) is 0 Å². The average Bonchev–Trinajstić information content (AvgIpc) is 3.37. The minimum absolute atomic E-state index is 0.173. The summed E-state index contributed by atoms with van der Waals surface area (Å²) in [7, 11) is 0. The Balaban J connectivity index is 1.52. The van der Waals surface area contributed by atoms with Crippen LogP contribution in [0.25, 0.3) is 0 Å². The smallest absolute Gasteiger partial charge is 0.257 e. The van der Waals surface area contributed by atoms with Gasteiger partial charge < -0.3 is 16.4 Å². The van der Waals surface area contributed by atoms with E-state index in [1.54, 1.807) is 36.4 Å². The third-order valence-corrected chi connectivity index (χ3v) is 8.15. The molecule has 4 N–H and O–H groups in total.